The summed E-state index contributed by atoms with van der Waals surface area (Å²) >= 11 is 0. The van der Waals surface area contributed by atoms with E-state index in [9.17, 15) is 0 Å². The summed E-state index contributed by atoms with van der Waals surface area (Å²) in [7, 11) is 8.00. The molecule has 0 rings (SSSR count). The highest BCUT2D eigenvalue weighted by Gasteiger charge is 1.00. The molecule has 0 saturated carbocycles. The van der Waals surface area contributed by atoms with Gasteiger partial charge in [-0.3, -0.25) is 0 Å². The predicted molar refractivity (Wildman–Crippen MR) is 38.9 cm³/mol. The first kappa shape index (κ1) is 18.1. The van der Waals surface area contributed by atoms with Crippen LogP contribution in [-0.4, -0.2) is 15.5 Å². The molecule has 3 heteroatoms. The van der Waals surface area contributed by atoms with E-state index in [4.69, 9.17) is 0 Å². The van der Waals surface area contributed by atoms with Crippen LogP contribution in [0, 0.1) is 12.8 Å². The van der Waals surface area contributed by atoms with Crippen molar-refractivity contribution in [3.05, 3.63) is 0 Å². The maximum absolute atomic E-state index is 4.00. The molecule has 0 aliphatic carbocycles. The third kappa shape index (κ3) is 147. The average Bonchev–Trinajstić information content (AvgIpc) is 1.50. The zero-order valence-electron chi connectivity index (χ0n) is 2.72. The van der Waals surface area contributed by atoms with E-state index < -0.39 is 0 Å². The molecular weight excluding hydrogens is 173 g/mol. The molecule has 0 bridgehead atoms. The fourth-order valence-electron chi connectivity index (χ4n) is 0. The van der Waals surface area contributed by atoms with Gasteiger partial charge in [0.2, 0.25) is 0 Å². The first-order valence-electron chi connectivity index (χ1n) is 0.667. The Hall–Kier alpha value is 0.420. The minimum atomic E-state index is 0. The van der Waals surface area contributed by atoms with Crippen molar-refractivity contribution in [2.45, 2.75) is 0 Å². The van der Waals surface area contributed by atoms with Gasteiger partial charge in [0.15, 0.2) is 0 Å². The Morgan fingerprint density at radius 2 is 1.20 bits per heavy atom. The summed E-state index contributed by atoms with van der Waals surface area (Å²) in [4.78, 5) is 0. The maximum Gasteiger partial charge on any atom is 0 e. The van der Waals surface area contributed by atoms with Crippen molar-refractivity contribution in [1.29, 1.82) is 0 Å². The molecule has 4 radical (unpaired) electrons. The summed E-state index contributed by atoms with van der Waals surface area (Å²) in [6.07, 6.45) is 8.00. The van der Waals surface area contributed by atoms with Crippen molar-refractivity contribution in [3.63, 3.8) is 0 Å². The second-order valence-electron chi connectivity index (χ2n) is 0. The number of hydrogen-bond donors (Lipinski definition) is 0. The van der Waals surface area contributed by atoms with Crippen LogP contribution in [0.1, 0.15) is 1.43 Å². The van der Waals surface area contributed by atoms with Gasteiger partial charge in [0.25, 0.3) is 0 Å². The minimum Gasteiger partial charge on any atom is -0.124 e. The van der Waals surface area contributed by atoms with Crippen molar-refractivity contribution in [2.75, 3.05) is 0 Å². The Labute approximate surface area is 54.0 Å². The Balaban J connectivity index is -0.00000000500. The zero-order valence-corrected chi connectivity index (χ0v) is 5.05. The molecule has 0 unspecified atom stereocenters. The van der Waals surface area contributed by atoms with E-state index in [1.54, 1.807) is 0 Å². The molecule has 0 aliphatic heterocycles. The van der Waals surface area contributed by atoms with Crippen LogP contribution in [0.2, 0.25) is 0 Å². The molecule has 26 valence electrons. The van der Waals surface area contributed by atoms with Gasteiger partial charge in [-0.05, 0) is 0 Å². The normalized spacial score (nSPS) is 1.20. The zero-order chi connectivity index (χ0) is 4.00. The molecule has 0 aromatic rings. The van der Waals surface area contributed by atoms with Crippen molar-refractivity contribution in [3.8, 4) is 12.8 Å². The monoisotopic (exact) mass is 179 g/mol. The molecule has 0 N–H and O–H groups in total. The van der Waals surface area contributed by atoms with Gasteiger partial charge in [-0.15, -0.1) is 36.8 Å². The summed E-state index contributed by atoms with van der Waals surface area (Å²) in [5.74, 6) is 0. The van der Waals surface area contributed by atoms with E-state index in [0.717, 1.165) is 0 Å². The van der Waals surface area contributed by atoms with Gasteiger partial charge in [0.05, 0.1) is 0 Å². The molecule has 5 heavy (non-hydrogen) atoms. The van der Waals surface area contributed by atoms with Crippen LogP contribution < -0.4 is 0 Å². The highest BCUT2D eigenvalue weighted by atomic mass is 127. The van der Waals surface area contributed by atoms with E-state index in [-0.39, 0.29) is 25.4 Å². The lowest BCUT2D eigenvalue weighted by Gasteiger charge is -1.00. The van der Waals surface area contributed by atoms with E-state index in [1.807, 2.05) is 0 Å². The first-order chi connectivity index (χ1) is 2.00. The molecule has 0 nitrogen and oxygen atoms in total. The molecule has 0 amide bonds. The second-order valence-corrected chi connectivity index (χ2v) is 0. The highest BCUT2D eigenvalue weighted by Crippen LogP contribution is 0.886. The van der Waals surface area contributed by atoms with Crippen LogP contribution >= 0.6 is 24.0 Å². The largest absolute Gasteiger partial charge is 0.124 e. The minimum absolute atomic E-state index is 0. The Kier molecular flexibility index (Phi) is 1060. The van der Waals surface area contributed by atoms with Gasteiger partial charge < -0.3 is 0 Å². The summed E-state index contributed by atoms with van der Waals surface area (Å²) in [5.41, 5.74) is 0. The van der Waals surface area contributed by atoms with Gasteiger partial charge in [0, 0.05) is 16.9 Å². The number of terminal acetylenes is 1. The fourth-order valence-corrected chi connectivity index (χ4v) is 0. The van der Waals surface area contributed by atoms with E-state index in [1.165, 1.54) is 0 Å². The second kappa shape index (κ2) is 293. The molecule has 0 aromatic carbocycles. The number of hydrogen-bond acceptors (Lipinski definition) is 0. The third-order valence-corrected chi connectivity index (χ3v) is 0. The smallest absolute Gasteiger partial charge is 0 e. The van der Waals surface area contributed by atoms with Crippen LogP contribution in [0.3, 0.4) is 0 Å². The summed E-state index contributed by atoms with van der Waals surface area (Å²) in [6, 6.07) is 0. The summed E-state index contributed by atoms with van der Waals surface area (Å²) in [5, 5.41) is 0. The first-order valence-corrected chi connectivity index (χ1v) is 0.667. The Morgan fingerprint density at radius 1 is 1.20 bits per heavy atom. The van der Waals surface area contributed by atoms with E-state index in [2.05, 4.69) is 28.3 Å². The standard InChI is InChI=1S/C2H2.B2.HI.H2/c2*1-2;;/h1-2H;;2*1H/i;;;1+1. The SMILES string of the molecule is C#C.I.[2HH].[B][B]. The number of rotatable bonds is 0. The summed E-state index contributed by atoms with van der Waals surface area (Å²) in [6.45, 7) is 0. The molecular formula is C2H5B2I. The van der Waals surface area contributed by atoms with Crippen LogP contribution in [0.25, 0.3) is 0 Å². The molecule has 0 fully saturated rings. The highest BCUT2D eigenvalue weighted by molar-refractivity contribution is 14.0. The molecule has 0 aliphatic rings. The van der Waals surface area contributed by atoms with Gasteiger partial charge >= 0.3 is 0 Å². The van der Waals surface area contributed by atoms with Crippen LogP contribution in [0.15, 0.2) is 0 Å². The lowest BCUT2D eigenvalue weighted by molar-refractivity contribution is 3.31. The van der Waals surface area contributed by atoms with E-state index >= 15 is 0 Å². The fraction of sp³-hybridized carbons (Fsp3) is 0. The van der Waals surface area contributed by atoms with Crippen molar-refractivity contribution >= 4 is 39.5 Å². The van der Waals surface area contributed by atoms with Crippen molar-refractivity contribution in [1.82, 2.24) is 0 Å². The molecule has 0 aromatic heterocycles. The molecule has 0 heterocycles. The Bertz CT molecular complexity index is 16.3. The van der Waals surface area contributed by atoms with Crippen molar-refractivity contribution in [2.24, 2.45) is 0 Å². The topological polar surface area (TPSA) is 0 Å². The molecule has 0 spiro atoms. The van der Waals surface area contributed by atoms with Gasteiger partial charge in [0.1, 0.15) is 0 Å². The Morgan fingerprint density at radius 3 is 1.20 bits per heavy atom. The lowest BCUT2D eigenvalue weighted by atomic mass is 9.81. The van der Waals surface area contributed by atoms with Gasteiger partial charge in [-0.1, -0.05) is 0 Å². The average molecular weight is 179 g/mol. The van der Waals surface area contributed by atoms with Crippen LogP contribution in [-0.2, 0) is 0 Å². The molecule has 0 saturated heterocycles. The van der Waals surface area contributed by atoms with Gasteiger partial charge in [-0.2, -0.15) is 0 Å². The lowest BCUT2D eigenvalue weighted by Crippen LogP contribution is -1.38. The maximum atomic E-state index is 4.00. The van der Waals surface area contributed by atoms with Crippen LogP contribution in [0.5, 0.6) is 0 Å². The van der Waals surface area contributed by atoms with Crippen molar-refractivity contribution < 1.29 is 1.43 Å². The molecule has 0 atom stereocenters. The quantitative estimate of drug-likeness (QED) is 0.285. The number of halogens is 1. The van der Waals surface area contributed by atoms with Gasteiger partial charge in [-0.25, -0.2) is 0 Å². The summed E-state index contributed by atoms with van der Waals surface area (Å²) < 4.78 is 0. The van der Waals surface area contributed by atoms with E-state index in [0.29, 0.717) is 0 Å². The van der Waals surface area contributed by atoms with Crippen LogP contribution in [0.4, 0.5) is 0 Å². The predicted octanol–water partition coefficient (Wildman–Crippen LogP) is 0.352. The third-order valence-electron chi connectivity index (χ3n) is 0.